The van der Waals surface area contributed by atoms with Gasteiger partial charge in [-0.15, -0.1) is 11.3 Å². The third-order valence-corrected chi connectivity index (χ3v) is 5.48. The summed E-state index contributed by atoms with van der Waals surface area (Å²) < 4.78 is 32.0. The number of methoxy groups -OCH3 is 1. The van der Waals surface area contributed by atoms with Gasteiger partial charge in [0.25, 0.3) is 10.0 Å². The van der Waals surface area contributed by atoms with E-state index >= 15 is 0 Å². The standard InChI is InChI=1S/C11H9Cl2NO4S2/c1-18-7-4-2-3-6(15)10(7)14-20(16,17)8-5-9(12)19-11(8)13/h2-5,14-15H,1H3. The molecule has 9 heteroatoms. The first kappa shape index (κ1) is 15.2. The van der Waals surface area contributed by atoms with Crippen LogP contribution in [0.25, 0.3) is 0 Å². The summed E-state index contributed by atoms with van der Waals surface area (Å²) in [5.41, 5.74) is -0.0617. The van der Waals surface area contributed by atoms with Crippen LogP contribution < -0.4 is 9.46 Å². The Balaban J connectivity index is 2.46. The first-order valence-electron chi connectivity index (χ1n) is 5.19. The highest BCUT2D eigenvalue weighted by Crippen LogP contribution is 2.38. The molecule has 0 aliphatic carbocycles. The van der Waals surface area contributed by atoms with Gasteiger partial charge in [-0.3, -0.25) is 4.72 Å². The van der Waals surface area contributed by atoms with E-state index in [1.165, 1.54) is 31.4 Å². The third kappa shape index (κ3) is 2.95. The summed E-state index contributed by atoms with van der Waals surface area (Å²) >= 11 is 12.5. The Labute approximate surface area is 129 Å². The molecule has 108 valence electrons. The van der Waals surface area contributed by atoms with Crippen molar-refractivity contribution < 1.29 is 18.3 Å². The zero-order chi connectivity index (χ0) is 14.9. The van der Waals surface area contributed by atoms with E-state index in [-0.39, 0.29) is 30.8 Å². The van der Waals surface area contributed by atoms with E-state index in [0.717, 1.165) is 11.3 Å². The normalized spacial score (nSPS) is 11.3. The van der Waals surface area contributed by atoms with E-state index in [1.807, 2.05) is 0 Å². The van der Waals surface area contributed by atoms with Crippen molar-refractivity contribution in [2.75, 3.05) is 11.8 Å². The Hall–Kier alpha value is -1.15. The smallest absolute Gasteiger partial charge is 0.264 e. The molecule has 0 bridgehead atoms. The maximum Gasteiger partial charge on any atom is 0.264 e. The predicted molar refractivity (Wildman–Crippen MR) is 79.8 cm³/mol. The summed E-state index contributed by atoms with van der Waals surface area (Å²) in [6, 6.07) is 5.62. The quantitative estimate of drug-likeness (QED) is 0.823. The molecule has 5 nitrogen and oxygen atoms in total. The fourth-order valence-electron chi connectivity index (χ4n) is 1.49. The highest BCUT2D eigenvalue weighted by atomic mass is 35.5. The van der Waals surface area contributed by atoms with Crippen LogP contribution in [-0.2, 0) is 10.0 Å². The summed E-state index contributed by atoms with van der Waals surface area (Å²) in [6.07, 6.45) is 0. The molecule has 1 heterocycles. The molecule has 0 saturated carbocycles. The number of phenols is 1. The molecule has 0 aliphatic rings. The monoisotopic (exact) mass is 353 g/mol. The topological polar surface area (TPSA) is 75.6 Å². The van der Waals surface area contributed by atoms with Crippen LogP contribution in [0.2, 0.25) is 8.67 Å². The lowest BCUT2D eigenvalue weighted by Crippen LogP contribution is -2.13. The lowest BCUT2D eigenvalue weighted by molar-refractivity contribution is 0.411. The van der Waals surface area contributed by atoms with E-state index in [9.17, 15) is 13.5 Å². The Bertz CT molecular complexity index is 743. The first-order chi connectivity index (χ1) is 9.35. The Morgan fingerprint density at radius 1 is 1.35 bits per heavy atom. The number of hydrogen-bond acceptors (Lipinski definition) is 5. The average Bonchev–Trinajstić information content (AvgIpc) is 2.72. The van der Waals surface area contributed by atoms with Crippen LogP contribution in [0.3, 0.4) is 0 Å². The minimum absolute atomic E-state index is 0.0388. The third-order valence-electron chi connectivity index (χ3n) is 2.38. The van der Waals surface area contributed by atoms with Gasteiger partial charge >= 0.3 is 0 Å². The van der Waals surface area contributed by atoms with Gasteiger partial charge in [-0.25, -0.2) is 8.42 Å². The molecule has 0 fully saturated rings. The van der Waals surface area contributed by atoms with Crippen LogP contribution in [-0.4, -0.2) is 20.6 Å². The number of para-hydroxylation sites is 1. The molecule has 1 aromatic carbocycles. The fraction of sp³-hybridized carbons (Fsp3) is 0.0909. The predicted octanol–water partition coefficient (Wildman–Crippen LogP) is 3.57. The zero-order valence-electron chi connectivity index (χ0n) is 10.1. The molecular formula is C11H9Cl2NO4S2. The molecular weight excluding hydrogens is 345 g/mol. The summed E-state index contributed by atoms with van der Waals surface area (Å²) in [6.45, 7) is 0. The van der Waals surface area contributed by atoms with Crippen LogP contribution >= 0.6 is 34.5 Å². The van der Waals surface area contributed by atoms with E-state index in [2.05, 4.69) is 4.72 Å². The largest absolute Gasteiger partial charge is 0.506 e. The van der Waals surface area contributed by atoms with Gasteiger partial charge in [0.2, 0.25) is 0 Å². The van der Waals surface area contributed by atoms with E-state index < -0.39 is 10.0 Å². The number of phenolic OH excluding ortho intramolecular Hbond substituents is 1. The molecule has 0 amide bonds. The summed E-state index contributed by atoms with van der Waals surface area (Å²) in [5.74, 6) is -0.0728. The molecule has 2 rings (SSSR count). The molecule has 0 atom stereocenters. The molecule has 0 spiro atoms. The second-order valence-corrected chi connectivity index (χ2v) is 7.58. The molecule has 2 aromatic rings. The van der Waals surface area contributed by atoms with Crippen LogP contribution in [0.4, 0.5) is 5.69 Å². The number of benzene rings is 1. The number of nitrogens with one attached hydrogen (secondary N) is 1. The Kier molecular flexibility index (Phi) is 4.33. The number of hydrogen-bond donors (Lipinski definition) is 2. The summed E-state index contributed by atoms with van der Waals surface area (Å²) in [5, 5.41) is 9.74. The second-order valence-electron chi connectivity index (χ2n) is 3.65. The van der Waals surface area contributed by atoms with Crippen molar-refractivity contribution >= 4 is 50.2 Å². The van der Waals surface area contributed by atoms with Crippen molar-refractivity contribution in [2.24, 2.45) is 0 Å². The molecule has 2 N–H and O–H groups in total. The summed E-state index contributed by atoms with van der Waals surface area (Å²) in [4.78, 5) is -0.153. The van der Waals surface area contributed by atoms with Crippen molar-refractivity contribution in [2.45, 2.75) is 4.90 Å². The van der Waals surface area contributed by atoms with Crippen molar-refractivity contribution in [3.8, 4) is 11.5 Å². The van der Waals surface area contributed by atoms with Gasteiger partial charge in [0.1, 0.15) is 26.4 Å². The van der Waals surface area contributed by atoms with Crippen LogP contribution in [0.15, 0.2) is 29.2 Å². The number of anilines is 1. The minimum Gasteiger partial charge on any atom is -0.506 e. The van der Waals surface area contributed by atoms with Gasteiger partial charge in [-0.05, 0) is 18.2 Å². The van der Waals surface area contributed by atoms with Crippen molar-refractivity contribution in [3.63, 3.8) is 0 Å². The van der Waals surface area contributed by atoms with Gasteiger partial charge in [-0.1, -0.05) is 29.3 Å². The van der Waals surface area contributed by atoms with Gasteiger partial charge in [0, 0.05) is 0 Å². The number of sulfonamides is 1. The van der Waals surface area contributed by atoms with Crippen LogP contribution in [0.1, 0.15) is 0 Å². The lowest BCUT2D eigenvalue weighted by atomic mass is 10.3. The van der Waals surface area contributed by atoms with E-state index in [4.69, 9.17) is 27.9 Å². The second kappa shape index (κ2) is 5.69. The zero-order valence-corrected chi connectivity index (χ0v) is 13.2. The van der Waals surface area contributed by atoms with E-state index in [1.54, 1.807) is 0 Å². The number of ether oxygens (including phenoxy) is 1. The number of halogens is 2. The first-order valence-corrected chi connectivity index (χ1v) is 8.24. The molecule has 20 heavy (non-hydrogen) atoms. The van der Waals surface area contributed by atoms with Crippen molar-refractivity contribution in [3.05, 3.63) is 32.9 Å². The lowest BCUT2D eigenvalue weighted by Gasteiger charge is -2.12. The molecule has 1 aromatic heterocycles. The van der Waals surface area contributed by atoms with Crippen LogP contribution in [0, 0.1) is 0 Å². The summed E-state index contributed by atoms with van der Waals surface area (Å²) in [7, 11) is -2.61. The minimum atomic E-state index is -3.97. The van der Waals surface area contributed by atoms with Crippen molar-refractivity contribution in [1.29, 1.82) is 0 Å². The Morgan fingerprint density at radius 3 is 2.60 bits per heavy atom. The highest BCUT2D eigenvalue weighted by molar-refractivity contribution is 7.93. The van der Waals surface area contributed by atoms with Gasteiger partial charge in [0.05, 0.1) is 11.4 Å². The maximum atomic E-state index is 12.2. The number of rotatable bonds is 4. The number of thiophene rings is 1. The van der Waals surface area contributed by atoms with Gasteiger partial charge < -0.3 is 9.84 Å². The number of aromatic hydroxyl groups is 1. The molecule has 0 unspecified atom stereocenters. The molecule has 0 aliphatic heterocycles. The fourth-order valence-corrected chi connectivity index (χ4v) is 4.73. The van der Waals surface area contributed by atoms with Crippen molar-refractivity contribution in [1.82, 2.24) is 0 Å². The Morgan fingerprint density at radius 2 is 2.05 bits per heavy atom. The highest BCUT2D eigenvalue weighted by Gasteiger charge is 2.23. The van der Waals surface area contributed by atoms with Gasteiger partial charge in [0.15, 0.2) is 0 Å². The van der Waals surface area contributed by atoms with Crippen LogP contribution in [0.5, 0.6) is 11.5 Å². The molecule has 0 radical (unpaired) electrons. The maximum absolute atomic E-state index is 12.2. The van der Waals surface area contributed by atoms with E-state index in [0.29, 0.717) is 0 Å². The SMILES string of the molecule is COc1cccc(O)c1NS(=O)(=O)c1cc(Cl)sc1Cl. The van der Waals surface area contributed by atoms with Gasteiger partial charge in [-0.2, -0.15) is 0 Å². The molecule has 0 saturated heterocycles. The average molecular weight is 354 g/mol.